The fourth-order valence-electron chi connectivity index (χ4n) is 4.90. The van der Waals surface area contributed by atoms with E-state index in [-0.39, 0.29) is 24.4 Å². The number of hydrogen-bond donors (Lipinski definition) is 4. The zero-order valence-corrected chi connectivity index (χ0v) is 25.8. The summed E-state index contributed by atoms with van der Waals surface area (Å²) in [6.45, 7) is 4.79. The second-order valence-corrected chi connectivity index (χ2v) is 14.6. The Kier molecular flexibility index (Phi) is 7.89. The smallest absolute Gasteiger partial charge is 0.382 e. The van der Waals surface area contributed by atoms with Crippen molar-refractivity contribution in [3.63, 3.8) is 0 Å². The van der Waals surface area contributed by atoms with Crippen LogP contribution in [0.5, 0.6) is 0 Å². The highest BCUT2D eigenvalue weighted by Gasteiger charge is 2.67. The van der Waals surface area contributed by atoms with Crippen LogP contribution in [0.1, 0.15) is 49.6 Å². The van der Waals surface area contributed by atoms with Gasteiger partial charge in [-0.25, -0.2) is 13.4 Å². The summed E-state index contributed by atoms with van der Waals surface area (Å²) in [6, 6.07) is 5.12. The van der Waals surface area contributed by atoms with Gasteiger partial charge in [-0.05, 0) is 51.8 Å². The fourth-order valence-corrected chi connectivity index (χ4v) is 5.50. The third kappa shape index (κ3) is 5.71. The van der Waals surface area contributed by atoms with Crippen molar-refractivity contribution in [2.45, 2.75) is 56.1 Å². The van der Waals surface area contributed by atoms with Crippen LogP contribution in [0.2, 0.25) is 5.02 Å². The molecule has 1 saturated carbocycles. The number of nitrogens with one attached hydrogen (secondary N) is 4. The van der Waals surface area contributed by atoms with Crippen LogP contribution in [-0.2, 0) is 9.84 Å². The number of fused-ring (bicyclic) bond motifs is 1. The van der Waals surface area contributed by atoms with Gasteiger partial charge in [0.15, 0.2) is 15.4 Å². The summed E-state index contributed by atoms with van der Waals surface area (Å²) in [5, 5.41) is 8.17. The lowest BCUT2D eigenvalue weighted by Gasteiger charge is -2.28. The lowest BCUT2D eigenvalue weighted by molar-refractivity contribution is -0.195. The number of alkyl halides is 3. The van der Waals surface area contributed by atoms with E-state index in [0.29, 0.717) is 44.8 Å². The van der Waals surface area contributed by atoms with Gasteiger partial charge in [0.2, 0.25) is 5.95 Å². The number of pyridine rings is 2. The SMILES string of the molecule is C#Cc1cnc2c(Cl)cc(N[C@H](C3=CN(C4(C(F)(F)F)CC4)NN3)c3ccc(F)nc3C)cc2c1NCC(C)(C)S(C)(=O)=O. The highest BCUT2D eigenvalue weighted by Crippen LogP contribution is 2.53. The van der Waals surface area contributed by atoms with E-state index in [1.807, 2.05) is 0 Å². The Hall–Kier alpha value is -3.80. The first-order chi connectivity index (χ1) is 20.5. The number of aromatic nitrogens is 2. The van der Waals surface area contributed by atoms with E-state index < -0.39 is 38.3 Å². The molecule has 3 aromatic rings. The third-order valence-electron chi connectivity index (χ3n) is 8.10. The molecule has 1 aliphatic heterocycles. The summed E-state index contributed by atoms with van der Waals surface area (Å²) < 4.78 is 79.1. The minimum absolute atomic E-state index is 0.0250. The van der Waals surface area contributed by atoms with Crippen LogP contribution in [0.3, 0.4) is 0 Å². The van der Waals surface area contributed by atoms with Gasteiger partial charge in [0, 0.05) is 47.5 Å². The number of sulfone groups is 1. The van der Waals surface area contributed by atoms with Gasteiger partial charge in [-0.2, -0.15) is 17.6 Å². The maximum atomic E-state index is 14.0. The second kappa shape index (κ2) is 11.0. The molecule has 3 heterocycles. The summed E-state index contributed by atoms with van der Waals surface area (Å²) in [4.78, 5) is 8.30. The van der Waals surface area contributed by atoms with Gasteiger partial charge in [0.25, 0.3) is 0 Å². The predicted octanol–water partition coefficient (Wildman–Crippen LogP) is 5.36. The van der Waals surface area contributed by atoms with Crippen molar-refractivity contribution in [3.05, 3.63) is 70.2 Å². The van der Waals surface area contributed by atoms with Crippen LogP contribution in [0.15, 0.2) is 42.4 Å². The minimum Gasteiger partial charge on any atom is -0.382 e. The zero-order chi connectivity index (χ0) is 32.2. The van der Waals surface area contributed by atoms with Crippen molar-refractivity contribution < 1.29 is 26.0 Å². The quantitative estimate of drug-likeness (QED) is 0.138. The standard InChI is InChI=1S/C29H30ClF4N7O2S/c1-6-17-13-35-25-20(24(17)36-15-27(3,4)44(5,42)43)11-18(12-21(25)30)38-26(19-7-8-23(31)37-16(19)2)22-14-41(40-39-22)28(9-10-28)29(32,33)34/h1,7-8,11-14,26,38-40H,9-10,15H2,2-5H3,(H,35,36)/t26-/m0/s1. The fraction of sp³-hybridized carbons (Fsp3) is 0.379. The van der Waals surface area contributed by atoms with Crippen LogP contribution < -0.4 is 21.6 Å². The van der Waals surface area contributed by atoms with E-state index in [1.54, 1.807) is 32.9 Å². The molecule has 15 heteroatoms. The molecule has 0 bridgehead atoms. The van der Waals surface area contributed by atoms with Crippen molar-refractivity contribution in [2.24, 2.45) is 0 Å². The molecule has 1 aromatic carbocycles. The first-order valence-electron chi connectivity index (χ1n) is 13.5. The molecular weight excluding hydrogens is 622 g/mol. The molecule has 0 saturated heterocycles. The number of benzene rings is 1. The minimum atomic E-state index is -4.47. The number of rotatable bonds is 9. The van der Waals surface area contributed by atoms with Gasteiger partial charge in [0.05, 0.1) is 38.3 Å². The Morgan fingerprint density at radius 1 is 1.25 bits per heavy atom. The van der Waals surface area contributed by atoms with Gasteiger partial charge in [0.1, 0.15) is 0 Å². The maximum Gasteiger partial charge on any atom is 0.413 e. The molecule has 44 heavy (non-hydrogen) atoms. The summed E-state index contributed by atoms with van der Waals surface area (Å²) >= 11 is 6.66. The molecule has 1 fully saturated rings. The van der Waals surface area contributed by atoms with Gasteiger partial charge in [-0.1, -0.05) is 23.6 Å². The van der Waals surface area contributed by atoms with Crippen LogP contribution >= 0.6 is 11.6 Å². The van der Waals surface area contributed by atoms with Crippen molar-refractivity contribution in [1.29, 1.82) is 0 Å². The van der Waals surface area contributed by atoms with Crippen molar-refractivity contribution in [3.8, 4) is 12.3 Å². The number of nitrogens with zero attached hydrogens (tertiary/aromatic N) is 3. The molecule has 1 aliphatic carbocycles. The molecule has 0 unspecified atom stereocenters. The normalized spacial score (nSPS) is 17.1. The predicted molar refractivity (Wildman–Crippen MR) is 162 cm³/mol. The topological polar surface area (TPSA) is 111 Å². The number of halogens is 5. The number of aryl methyl sites for hydroxylation is 1. The van der Waals surface area contributed by atoms with Crippen molar-refractivity contribution in [2.75, 3.05) is 23.4 Å². The Balaban J connectivity index is 1.58. The summed E-state index contributed by atoms with van der Waals surface area (Å²) in [5.74, 6) is 1.85. The van der Waals surface area contributed by atoms with Gasteiger partial charge in [-0.3, -0.25) is 9.99 Å². The lowest BCUT2D eigenvalue weighted by Crippen LogP contribution is -2.52. The molecule has 5 rings (SSSR count). The number of terminal acetylenes is 1. The first-order valence-corrected chi connectivity index (χ1v) is 15.8. The van der Waals surface area contributed by atoms with E-state index in [1.165, 1.54) is 18.5 Å². The molecular formula is C29H30ClF4N7O2S. The van der Waals surface area contributed by atoms with E-state index >= 15 is 0 Å². The molecule has 0 spiro atoms. The molecule has 2 aliphatic rings. The van der Waals surface area contributed by atoms with Crippen molar-refractivity contribution in [1.82, 2.24) is 25.9 Å². The van der Waals surface area contributed by atoms with E-state index in [2.05, 4.69) is 37.5 Å². The van der Waals surface area contributed by atoms with Crippen LogP contribution in [0, 0.1) is 25.2 Å². The summed E-state index contributed by atoms with van der Waals surface area (Å²) in [5.41, 5.74) is 6.14. The molecule has 9 nitrogen and oxygen atoms in total. The lowest BCUT2D eigenvalue weighted by atomic mass is 10.0. The van der Waals surface area contributed by atoms with E-state index in [9.17, 15) is 26.0 Å². The average Bonchev–Trinajstić information content (AvgIpc) is 3.61. The van der Waals surface area contributed by atoms with Gasteiger partial charge >= 0.3 is 6.18 Å². The third-order valence-corrected chi connectivity index (χ3v) is 10.5. The van der Waals surface area contributed by atoms with Gasteiger partial charge < -0.3 is 16.1 Å². The molecule has 1 atom stereocenters. The van der Waals surface area contributed by atoms with E-state index in [0.717, 1.165) is 17.3 Å². The zero-order valence-electron chi connectivity index (χ0n) is 24.2. The molecule has 4 N–H and O–H groups in total. The highest BCUT2D eigenvalue weighted by atomic mass is 35.5. The first kappa shape index (κ1) is 31.6. The second-order valence-electron chi connectivity index (χ2n) is 11.5. The molecule has 2 aromatic heterocycles. The molecule has 0 amide bonds. The Morgan fingerprint density at radius 2 is 1.95 bits per heavy atom. The number of anilines is 2. The molecule has 234 valence electrons. The van der Waals surface area contributed by atoms with Crippen molar-refractivity contribution >= 4 is 43.7 Å². The van der Waals surface area contributed by atoms with Crippen LogP contribution in [0.4, 0.5) is 28.9 Å². The number of hydrazine groups is 2. The maximum absolute atomic E-state index is 14.0. The van der Waals surface area contributed by atoms with Gasteiger partial charge in [-0.15, -0.1) is 12.0 Å². The van der Waals surface area contributed by atoms with E-state index in [4.69, 9.17) is 18.0 Å². The summed E-state index contributed by atoms with van der Waals surface area (Å²) in [7, 11) is -3.44. The Labute approximate surface area is 257 Å². The Morgan fingerprint density at radius 3 is 2.55 bits per heavy atom. The van der Waals surface area contributed by atoms with Crippen LogP contribution in [0.25, 0.3) is 10.9 Å². The monoisotopic (exact) mass is 651 g/mol. The highest BCUT2D eigenvalue weighted by molar-refractivity contribution is 7.92. The summed E-state index contributed by atoms with van der Waals surface area (Å²) in [6.07, 6.45) is 5.09. The van der Waals surface area contributed by atoms with Crippen LogP contribution in [-0.4, -0.2) is 52.7 Å². The Bertz CT molecular complexity index is 1820. The largest absolute Gasteiger partial charge is 0.413 e. The molecule has 0 radical (unpaired) electrons. The number of hydrogen-bond acceptors (Lipinski definition) is 9. The average molecular weight is 652 g/mol.